The van der Waals surface area contributed by atoms with Crippen LogP contribution in [0.2, 0.25) is 0 Å². The van der Waals surface area contributed by atoms with Crippen molar-refractivity contribution in [2.75, 3.05) is 6.61 Å². The van der Waals surface area contributed by atoms with E-state index in [1.807, 2.05) is 6.92 Å². The molecule has 0 radical (unpaired) electrons. The van der Waals surface area contributed by atoms with E-state index in [1.54, 1.807) is 6.07 Å². The summed E-state index contributed by atoms with van der Waals surface area (Å²) in [5.41, 5.74) is 1.43. The number of hydrogen-bond acceptors (Lipinski definition) is 2. The zero-order chi connectivity index (χ0) is 11.7. The number of rotatable bonds is 3. The number of Topliss-reactive ketones (excluding diaryl/α,β-unsaturated/α-hetero) is 1. The molecule has 0 unspecified atom stereocenters. The zero-order valence-electron chi connectivity index (χ0n) is 9.18. The van der Waals surface area contributed by atoms with Gasteiger partial charge in [-0.1, -0.05) is 13.5 Å². The number of ether oxygens (including phenoxy) is 1. The summed E-state index contributed by atoms with van der Waals surface area (Å²) < 4.78 is 18.9. The van der Waals surface area contributed by atoms with Crippen LogP contribution in [-0.4, -0.2) is 12.4 Å². The van der Waals surface area contributed by atoms with E-state index in [2.05, 4.69) is 6.58 Å². The highest BCUT2D eigenvalue weighted by Crippen LogP contribution is 2.29. The summed E-state index contributed by atoms with van der Waals surface area (Å²) in [5, 5.41) is 0. The number of halogens is 1. The first-order valence-electron chi connectivity index (χ1n) is 5.31. The molecule has 1 heterocycles. The molecule has 0 N–H and O–H groups in total. The minimum absolute atomic E-state index is 0.108. The van der Waals surface area contributed by atoms with Gasteiger partial charge in [-0.05, 0) is 23.6 Å². The van der Waals surface area contributed by atoms with Crippen molar-refractivity contribution in [2.24, 2.45) is 0 Å². The van der Waals surface area contributed by atoms with Gasteiger partial charge in [-0.15, -0.1) is 0 Å². The Kier molecular flexibility index (Phi) is 2.77. The monoisotopic (exact) mass is 220 g/mol. The van der Waals surface area contributed by atoms with Gasteiger partial charge in [0.05, 0.1) is 12.2 Å². The Balaban J connectivity index is 2.42. The molecule has 0 aromatic heterocycles. The lowest BCUT2D eigenvalue weighted by Crippen LogP contribution is -2.05. The molecule has 0 spiro atoms. The molecule has 2 nitrogen and oxygen atoms in total. The molecule has 16 heavy (non-hydrogen) atoms. The lowest BCUT2D eigenvalue weighted by Gasteiger charge is -2.06. The number of fused-ring (bicyclic) bond motifs is 1. The van der Waals surface area contributed by atoms with Crippen LogP contribution < -0.4 is 4.74 Å². The predicted octanol–water partition coefficient (Wildman–Crippen LogP) is 2.91. The van der Waals surface area contributed by atoms with Crippen molar-refractivity contribution >= 4 is 5.78 Å². The molecule has 0 atom stereocenters. The minimum Gasteiger partial charge on any atom is -0.493 e. The van der Waals surface area contributed by atoms with E-state index in [9.17, 15) is 9.18 Å². The Morgan fingerprint density at radius 2 is 2.31 bits per heavy atom. The molecule has 0 bridgehead atoms. The molecule has 0 saturated carbocycles. The highest BCUT2D eigenvalue weighted by molar-refractivity contribution is 6.08. The molecule has 2 rings (SSSR count). The normalized spacial score (nSPS) is 13.1. The average molecular weight is 220 g/mol. The molecule has 0 saturated heterocycles. The number of ketones is 1. The first kappa shape index (κ1) is 10.9. The summed E-state index contributed by atoms with van der Waals surface area (Å²) in [5.74, 6) is -0.286. The van der Waals surface area contributed by atoms with E-state index in [-0.39, 0.29) is 11.3 Å². The molecule has 1 aromatic carbocycles. The van der Waals surface area contributed by atoms with Crippen molar-refractivity contribution in [1.82, 2.24) is 0 Å². The maximum atomic E-state index is 13.7. The smallest absolute Gasteiger partial charge is 0.191 e. The third-order valence-corrected chi connectivity index (χ3v) is 2.77. The van der Waals surface area contributed by atoms with Gasteiger partial charge in [0, 0.05) is 12.5 Å². The van der Waals surface area contributed by atoms with Crippen molar-refractivity contribution in [3.8, 4) is 5.75 Å². The summed E-state index contributed by atoms with van der Waals surface area (Å²) >= 11 is 0. The van der Waals surface area contributed by atoms with E-state index in [0.29, 0.717) is 24.4 Å². The number of carbonyl (C=O) groups excluding carboxylic acids is 1. The van der Waals surface area contributed by atoms with Gasteiger partial charge in [0.2, 0.25) is 0 Å². The summed E-state index contributed by atoms with van der Waals surface area (Å²) in [6.07, 6.45) is 1.26. The molecule has 1 aliphatic rings. The van der Waals surface area contributed by atoms with Crippen LogP contribution in [0.1, 0.15) is 29.3 Å². The van der Waals surface area contributed by atoms with Crippen molar-refractivity contribution in [1.29, 1.82) is 0 Å². The molecule has 0 aliphatic carbocycles. The van der Waals surface area contributed by atoms with Crippen LogP contribution in [0, 0.1) is 5.82 Å². The largest absolute Gasteiger partial charge is 0.493 e. The lowest BCUT2D eigenvalue weighted by atomic mass is 9.99. The Morgan fingerprint density at radius 1 is 1.56 bits per heavy atom. The molecule has 84 valence electrons. The maximum absolute atomic E-state index is 13.7. The third kappa shape index (κ3) is 1.73. The standard InChI is InChI=1S/C13H13FO2/c1-3-8(2)13(15)10-6-9-4-5-16-12(9)7-11(10)14/h6-7H,2-5H2,1H3. The van der Waals surface area contributed by atoms with Crippen LogP contribution in [-0.2, 0) is 6.42 Å². The minimum atomic E-state index is -0.528. The van der Waals surface area contributed by atoms with E-state index in [1.165, 1.54) is 6.07 Å². The van der Waals surface area contributed by atoms with E-state index in [0.717, 1.165) is 12.0 Å². The van der Waals surface area contributed by atoms with Crippen molar-refractivity contribution in [2.45, 2.75) is 19.8 Å². The van der Waals surface area contributed by atoms with E-state index >= 15 is 0 Å². The molecule has 3 heteroatoms. The average Bonchev–Trinajstić information content (AvgIpc) is 2.72. The third-order valence-electron chi connectivity index (χ3n) is 2.77. The van der Waals surface area contributed by atoms with Crippen LogP contribution in [0.3, 0.4) is 0 Å². The van der Waals surface area contributed by atoms with E-state index < -0.39 is 5.82 Å². The number of hydrogen-bond donors (Lipinski definition) is 0. The fourth-order valence-electron chi connectivity index (χ4n) is 1.73. The Hall–Kier alpha value is -1.64. The molecular weight excluding hydrogens is 207 g/mol. The van der Waals surface area contributed by atoms with Crippen LogP contribution >= 0.6 is 0 Å². The topological polar surface area (TPSA) is 26.3 Å². The van der Waals surface area contributed by atoms with Crippen molar-refractivity contribution < 1.29 is 13.9 Å². The summed E-state index contributed by atoms with van der Waals surface area (Å²) in [6, 6.07) is 2.87. The number of allylic oxidation sites excluding steroid dienone is 1. The molecule has 1 aliphatic heterocycles. The van der Waals surface area contributed by atoms with Gasteiger partial charge in [0.15, 0.2) is 5.78 Å². The first-order chi connectivity index (χ1) is 7.63. The van der Waals surface area contributed by atoms with Gasteiger partial charge in [-0.25, -0.2) is 4.39 Å². The highest BCUT2D eigenvalue weighted by Gasteiger charge is 2.20. The fraction of sp³-hybridized carbons (Fsp3) is 0.308. The van der Waals surface area contributed by atoms with Gasteiger partial charge in [0.25, 0.3) is 0 Å². The second-order valence-corrected chi connectivity index (χ2v) is 3.82. The van der Waals surface area contributed by atoms with Crippen LogP contribution in [0.5, 0.6) is 5.75 Å². The maximum Gasteiger partial charge on any atom is 0.191 e. The second-order valence-electron chi connectivity index (χ2n) is 3.82. The van der Waals surface area contributed by atoms with Crippen LogP contribution in [0.4, 0.5) is 4.39 Å². The van der Waals surface area contributed by atoms with Crippen molar-refractivity contribution in [3.63, 3.8) is 0 Å². The SMILES string of the molecule is C=C(CC)C(=O)c1cc2c(cc1F)OCC2. The summed E-state index contributed by atoms with van der Waals surface area (Å²) in [6.45, 7) is 6.02. The zero-order valence-corrected chi connectivity index (χ0v) is 9.18. The lowest BCUT2D eigenvalue weighted by molar-refractivity contribution is 0.102. The predicted molar refractivity (Wildman–Crippen MR) is 59.4 cm³/mol. The quantitative estimate of drug-likeness (QED) is 0.578. The van der Waals surface area contributed by atoms with Crippen LogP contribution in [0.15, 0.2) is 24.3 Å². The summed E-state index contributed by atoms with van der Waals surface area (Å²) in [7, 11) is 0. The summed E-state index contributed by atoms with van der Waals surface area (Å²) in [4.78, 5) is 11.8. The van der Waals surface area contributed by atoms with Crippen molar-refractivity contribution in [3.05, 3.63) is 41.2 Å². The Bertz CT molecular complexity index is 463. The first-order valence-corrected chi connectivity index (χ1v) is 5.31. The van der Waals surface area contributed by atoms with Gasteiger partial charge < -0.3 is 4.74 Å². The second kappa shape index (κ2) is 4.08. The fourth-order valence-corrected chi connectivity index (χ4v) is 1.73. The molecular formula is C13H13FO2. The Morgan fingerprint density at radius 3 is 3.00 bits per heavy atom. The van der Waals surface area contributed by atoms with Crippen LogP contribution in [0.25, 0.3) is 0 Å². The van der Waals surface area contributed by atoms with Gasteiger partial charge >= 0.3 is 0 Å². The van der Waals surface area contributed by atoms with E-state index in [4.69, 9.17) is 4.74 Å². The highest BCUT2D eigenvalue weighted by atomic mass is 19.1. The molecule has 1 aromatic rings. The molecule has 0 amide bonds. The number of carbonyl (C=O) groups is 1. The Labute approximate surface area is 93.7 Å². The number of benzene rings is 1. The van der Waals surface area contributed by atoms with Gasteiger partial charge in [-0.3, -0.25) is 4.79 Å². The molecule has 0 fully saturated rings. The van der Waals surface area contributed by atoms with Gasteiger partial charge in [0.1, 0.15) is 11.6 Å². The van der Waals surface area contributed by atoms with Gasteiger partial charge in [-0.2, -0.15) is 0 Å².